The molecule has 0 saturated carbocycles. The Morgan fingerprint density at radius 2 is 1.82 bits per heavy atom. The van der Waals surface area contributed by atoms with E-state index in [1.54, 1.807) is 13.8 Å². The van der Waals surface area contributed by atoms with Crippen LogP contribution in [-0.4, -0.2) is 24.3 Å². The summed E-state index contributed by atoms with van der Waals surface area (Å²) in [5.74, 6) is -0.812. The summed E-state index contributed by atoms with van der Waals surface area (Å²) in [5, 5.41) is 0. The second-order valence-electron chi connectivity index (χ2n) is 5.17. The zero-order valence-electron chi connectivity index (χ0n) is 10.9. The average Bonchev–Trinajstić information content (AvgIpc) is 2.13. The minimum Gasteiger partial charge on any atom is -0.438 e. The van der Waals surface area contributed by atoms with E-state index in [1.165, 1.54) is 0 Å². The molecule has 7 heteroatoms. The number of phosphoric acid groups is 1. The monoisotopic (exact) mass is 268 g/mol. The SMILES string of the molecule is CC(C)C(=O)OCOP(=O)(O)OCC(C)(C)C. The first-order valence-electron chi connectivity index (χ1n) is 5.32. The van der Waals surface area contributed by atoms with E-state index in [9.17, 15) is 14.3 Å². The van der Waals surface area contributed by atoms with Crippen molar-refractivity contribution in [2.24, 2.45) is 11.3 Å². The molecule has 1 N–H and O–H groups in total. The number of hydrogen-bond acceptors (Lipinski definition) is 5. The molecular formula is C10H21O6P. The van der Waals surface area contributed by atoms with Crippen LogP contribution in [0.4, 0.5) is 0 Å². The van der Waals surface area contributed by atoms with Gasteiger partial charge in [0.15, 0.2) is 0 Å². The van der Waals surface area contributed by atoms with Gasteiger partial charge in [-0.3, -0.25) is 9.32 Å². The minimum absolute atomic E-state index is 0.0684. The van der Waals surface area contributed by atoms with Crippen molar-refractivity contribution in [2.45, 2.75) is 34.6 Å². The molecule has 0 heterocycles. The molecule has 0 rings (SSSR count). The van der Waals surface area contributed by atoms with Crippen LogP contribution >= 0.6 is 7.82 Å². The first kappa shape index (κ1) is 16.6. The summed E-state index contributed by atoms with van der Waals surface area (Å²) in [6.45, 7) is 8.34. The average molecular weight is 268 g/mol. The molecule has 1 unspecified atom stereocenters. The van der Waals surface area contributed by atoms with Crippen LogP contribution in [0.2, 0.25) is 0 Å². The van der Waals surface area contributed by atoms with E-state index < -0.39 is 20.6 Å². The highest BCUT2D eigenvalue weighted by molar-refractivity contribution is 7.47. The van der Waals surface area contributed by atoms with Crippen LogP contribution in [0, 0.1) is 11.3 Å². The van der Waals surface area contributed by atoms with Gasteiger partial charge in [-0.1, -0.05) is 34.6 Å². The molecule has 0 bridgehead atoms. The lowest BCUT2D eigenvalue weighted by Gasteiger charge is -2.20. The molecule has 0 amide bonds. The second kappa shape index (κ2) is 6.50. The second-order valence-corrected chi connectivity index (χ2v) is 6.62. The van der Waals surface area contributed by atoms with Gasteiger partial charge in [0.05, 0.1) is 12.5 Å². The quantitative estimate of drug-likeness (QED) is 0.452. The molecule has 0 fully saturated rings. The van der Waals surface area contributed by atoms with Crippen molar-refractivity contribution < 1.29 is 28.0 Å². The van der Waals surface area contributed by atoms with Gasteiger partial charge in [-0.25, -0.2) is 9.09 Å². The van der Waals surface area contributed by atoms with Crippen molar-refractivity contribution in [3.8, 4) is 0 Å². The Labute approximate surface area is 102 Å². The maximum atomic E-state index is 11.3. The topological polar surface area (TPSA) is 82.1 Å². The molecule has 0 aliphatic carbocycles. The summed E-state index contributed by atoms with van der Waals surface area (Å²) in [6, 6.07) is 0. The Hall–Kier alpha value is -0.420. The molecule has 17 heavy (non-hydrogen) atoms. The Bertz CT molecular complexity index is 294. The highest BCUT2D eigenvalue weighted by atomic mass is 31.2. The fraction of sp³-hybridized carbons (Fsp3) is 0.900. The number of ether oxygens (including phenoxy) is 1. The predicted octanol–water partition coefficient (Wildman–Crippen LogP) is 2.32. The van der Waals surface area contributed by atoms with E-state index in [1.807, 2.05) is 20.8 Å². The number of carbonyl (C=O) groups is 1. The van der Waals surface area contributed by atoms with Gasteiger partial charge >= 0.3 is 13.8 Å². The molecule has 102 valence electrons. The molecular weight excluding hydrogens is 247 g/mol. The Balaban J connectivity index is 3.95. The van der Waals surface area contributed by atoms with Gasteiger partial charge in [0.25, 0.3) is 0 Å². The molecule has 1 atom stereocenters. The fourth-order valence-electron chi connectivity index (χ4n) is 0.630. The molecule has 6 nitrogen and oxygen atoms in total. The van der Waals surface area contributed by atoms with Gasteiger partial charge in [0, 0.05) is 0 Å². The summed E-state index contributed by atoms with van der Waals surface area (Å²) < 4.78 is 25.2. The highest BCUT2D eigenvalue weighted by Crippen LogP contribution is 2.44. The predicted molar refractivity (Wildman–Crippen MR) is 62.1 cm³/mol. The molecule has 0 radical (unpaired) electrons. The van der Waals surface area contributed by atoms with E-state index in [-0.39, 0.29) is 17.9 Å². The van der Waals surface area contributed by atoms with Gasteiger partial charge in [-0.2, -0.15) is 0 Å². The third-order valence-electron chi connectivity index (χ3n) is 1.55. The van der Waals surface area contributed by atoms with Crippen molar-refractivity contribution in [1.29, 1.82) is 0 Å². The van der Waals surface area contributed by atoms with Crippen LogP contribution < -0.4 is 0 Å². The van der Waals surface area contributed by atoms with Crippen molar-refractivity contribution in [3.05, 3.63) is 0 Å². The number of rotatable bonds is 6. The summed E-state index contributed by atoms with van der Waals surface area (Å²) in [4.78, 5) is 20.3. The number of phosphoric ester groups is 1. The normalized spacial score (nSPS) is 15.7. The van der Waals surface area contributed by atoms with Gasteiger partial charge in [0.1, 0.15) is 0 Å². The maximum absolute atomic E-state index is 11.3. The van der Waals surface area contributed by atoms with Crippen LogP contribution in [0.25, 0.3) is 0 Å². The van der Waals surface area contributed by atoms with Crippen LogP contribution in [0.15, 0.2) is 0 Å². The van der Waals surface area contributed by atoms with Gasteiger partial charge in [-0.15, -0.1) is 0 Å². The fourth-order valence-corrected chi connectivity index (χ4v) is 1.44. The van der Waals surface area contributed by atoms with E-state index in [2.05, 4.69) is 9.26 Å². The zero-order valence-corrected chi connectivity index (χ0v) is 11.8. The highest BCUT2D eigenvalue weighted by Gasteiger charge is 2.25. The maximum Gasteiger partial charge on any atom is 0.475 e. The van der Waals surface area contributed by atoms with Crippen molar-refractivity contribution in [2.75, 3.05) is 13.4 Å². The first-order chi connectivity index (χ1) is 7.53. The molecule has 0 saturated heterocycles. The van der Waals surface area contributed by atoms with Crippen LogP contribution in [0.3, 0.4) is 0 Å². The van der Waals surface area contributed by atoms with Gasteiger partial charge < -0.3 is 9.63 Å². The van der Waals surface area contributed by atoms with Crippen molar-refractivity contribution in [1.82, 2.24) is 0 Å². The largest absolute Gasteiger partial charge is 0.475 e. The Morgan fingerprint density at radius 1 is 1.29 bits per heavy atom. The third-order valence-corrected chi connectivity index (χ3v) is 2.44. The number of hydrogen-bond donors (Lipinski definition) is 1. The summed E-state index contributed by atoms with van der Waals surface area (Å²) in [6.07, 6.45) is 0. The molecule has 0 aromatic heterocycles. The van der Waals surface area contributed by atoms with E-state index in [0.717, 1.165) is 0 Å². The van der Waals surface area contributed by atoms with E-state index >= 15 is 0 Å². The molecule has 0 spiro atoms. The molecule has 0 aromatic carbocycles. The van der Waals surface area contributed by atoms with Gasteiger partial charge in [0.2, 0.25) is 6.79 Å². The smallest absolute Gasteiger partial charge is 0.438 e. The Morgan fingerprint density at radius 3 is 2.24 bits per heavy atom. The molecule has 0 aliphatic heterocycles. The van der Waals surface area contributed by atoms with Crippen molar-refractivity contribution >= 4 is 13.8 Å². The van der Waals surface area contributed by atoms with E-state index in [4.69, 9.17) is 4.52 Å². The van der Waals surface area contributed by atoms with Crippen LogP contribution in [0.5, 0.6) is 0 Å². The van der Waals surface area contributed by atoms with Crippen LogP contribution in [0.1, 0.15) is 34.6 Å². The lowest BCUT2D eigenvalue weighted by molar-refractivity contribution is -0.154. The summed E-state index contributed by atoms with van der Waals surface area (Å²) in [5.41, 5.74) is -0.254. The molecule has 0 aliphatic rings. The summed E-state index contributed by atoms with van der Waals surface area (Å²) in [7, 11) is -4.15. The number of carbonyl (C=O) groups excluding carboxylic acids is 1. The van der Waals surface area contributed by atoms with Gasteiger partial charge in [-0.05, 0) is 5.41 Å². The van der Waals surface area contributed by atoms with Crippen LogP contribution in [-0.2, 0) is 23.1 Å². The number of esters is 1. The zero-order chi connectivity index (χ0) is 13.7. The lowest BCUT2D eigenvalue weighted by Crippen LogP contribution is -2.16. The lowest BCUT2D eigenvalue weighted by atomic mass is 9.99. The minimum atomic E-state index is -4.15. The molecule has 0 aromatic rings. The first-order valence-corrected chi connectivity index (χ1v) is 6.81. The Kier molecular flexibility index (Phi) is 6.34. The summed E-state index contributed by atoms with van der Waals surface area (Å²) >= 11 is 0. The standard InChI is InChI=1S/C10H21O6P/c1-8(2)9(11)14-7-16-17(12,13)15-6-10(3,4)5/h8H,6-7H2,1-5H3,(H,12,13). The van der Waals surface area contributed by atoms with Crippen molar-refractivity contribution in [3.63, 3.8) is 0 Å². The van der Waals surface area contributed by atoms with E-state index in [0.29, 0.717) is 0 Å². The third kappa shape index (κ3) is 9.30.